The van der Waals surface area contributed by atoms with E-state index in [1.807, 2.05) is 12.1 Å². The molecule has 1 amide bonds. The standard InChI is InChI=1S/C21H17Cl2N5O3/c22-15-4-3-5-17(10-15)30-14-28-12-16(11-24-28)25-21(29)19-8-9-27(26-19)13-31-20-7-2-1-6-18(20)23/h1-12H,13-14H2,(H,25,29). The molecule has 0 aliphatic carbocycles. The number of hydrogen-bond donors (Lipinski definition) is 1. The van der Waals surface area contributed by atoms with Gasteiger partial charge >= 0.3 is 0 Å². The molecule has 2 aromatic carbocycles. The summed E-state index contributed by atoms with van der Waals surface area (Å²) in [6.07, 6.45) is 4.82. The van der Waals surface area contributed by atoms with Crippen molar-refractivity contribution in [1.29, 1.82) is 0 Å². The van der Waals surface area contributed by atoms with E-state index in [1.54, 1.807) is 59.5 Å². The quantitative estimate of drug-likeness (QED) is 0.414. The second-order valence-electron chi connectivity index (χ2n) is 6.40. The Labute approximate surface area is 187 Å². The van der Waals surface area contributed by atoms with Crippen LogP contribution in [0.3, 0.4) is 0 Å². The molecule has 0 atom stereocenters. The van der Waals surface area contributed by atoms with Crippen molar-refractivity contribution in [3.63, 3.8) is 0 Å². The molecule has 158 valence electrons. The van der Waals surface area contributed by atoms with Crippen LogP contribution in [-0.2, 0) is 13.5 Å². The molecular weight excluding hydrogens is 441 g/mol. The molecule has 0 spiro atoms. The van der Waals surface area contributed by atoms with E-state index in [1.165, 1.54) is 10.9 Å². The van der Waals surface area contributed by atoms with Crippen LogP contribution >= 0.6 is 23.2 Å². The number of halogens is 2. The maximum atomic E-state index is 12.5. The molecule has 31 heavy (non-hydrogen) atoms. The van der Waals surface area contributed by atoms with E-state index in [4.69, 9.17) is 32.7 Å². The second kappa shape index (κ2) is 9.55. The van der Waals surface area contributed by atoms with Gasteiger partial charge in [-0.1, -0.05) is 41.4 Å². The Balaban J connectivity index is 1.30. The first-order valence-corrected chi connectivity index (χ1v) is 9.95. The Morgan fingerprint density at radius 3 is 2.68 bits per heavy atom. The molecule has 4 rings (SSSR count). The number of hydrogen-bond acceptors (Lipinski definition) is 5. The SMILES string of the molecule is O=C(Nc1cnn(COc2cccc(Cl)c2)c1)c1ccn(COc2ccccc2Cl)n1. The number of carbonyl (C=O) groups excluding carboxylic acids is 1. The summed E-state index contributed by atoms with van der Waals surface area (Å²) in [4.78, 5) is 12.5. The van der Waals surface area contributed by atoms with Gasteiger partial charge in [0, 0.05) is 11.2 Å². The Morgan fingerprint density at radius 2 is 1.84 bits per heavy atom. The lowest BCUT2D eigenvalue weighted by Crippen LogP contribution is -2.14. The highest BCUT2D eigenvalue weighted by atomic mass is 35.5. The molecule has 0 aliphatic heterocycles. The minimum absolute atomic E-state index is 0.121. The molecule has 0 fully saturated rings. The smallest absolute Gasteiger partial charge is 0.276 e. The van der Waals surface area contributed by atoms with E-state index in [-0.39, 0.29) is 25.1 Å². The third kappa shape index (κ3) is 5.56. The fourth-order valence-corrected chi connectivity index (χ4v) is 3.01. The Morgan fingerprint density at radius 1 is 1.00 bits per heavy atom. The van der Waals surface area contributed by atoms with Crippen LogP contribution in [0.15, 0.2) is 73.2 Å². The number of para-hydroxylation sites is 1. The highest BCUT2D eigenvalue weighted by Gasteiger charge is 2.12. The number of amides is 1. The number of anilines is 1. The van der Waals surface area contributed by atoms with Crippen LogP contribution in [0.2, 0.25) is 10.0 Å². The Bertz CT molecular complexity index is 1190. The van der Waals surface area contributed by atoms with E-state index in [9.17, 15) is 4.79 Å². The minimum atomic E-state index is -0.369. The highest BCUT2D eigenvalue weighted by Crippen LogP contribution is 2.23. The zero-order chi connectivity index (χ0) is 21.6. The maximum absolute atomic E-state index is 12.5. The van der Waals surface area contributed by atoms with Gasteiger partial charge in [-0.2, -0.15) is 10.2 Å². The maximum Gasteiger partial charge on any atom is 0.276 e. The van der Waals surface area contributed by atoms with Crippen LogP contribution in [0, 0.1) is 0 Å². The first-order chi connectivity index (χ1) is 15.1. The van der Waals surface area contributed by atoms with Crippen LogP contribution in [0.1, 0.15) is 10.5 Å². The largest absolute Gasteiger partial charge is 0.471 e. The Hall–Kier alpha value is -3.49. The molecule has 10 heteroatoms. The number of rotatable bonds is 8. The van der Waals surface area contributed by atoms with Gasteiger partial charge in [0.15, 0.2) is 19.2 Å². The minimum Gasteiger partial charge on any atom is -0.471 e. The average molecular weight is 458 g/mol. The van der Waals surface area contributed by atoms with Crippen molar-refractivity contribution in [1.82, 2.24) is 19.6 Å². The van der Waals surface area contributed by atoms with E-state index in [2.05, 4.69) is 15.5 Å². The molecule has 0 unspecified atom stereocenters. The fourth-order valence-electron chi connectivity index (χ4n) is 2.64. The van der Waals surface area contributed by atoms with Crippen molar-refractivity contribution in [3.05, 3.63) is 88.9 Å². The topological polar surface area (TPSA) is 83.2 Å². The molecular formula is C21H17Cl2N5O3. The van der Waals surface area contributed by atoms with E-state index in [0.717, 1.165) is 0 Å². The molecule has 0 aliphatic rings. The third-order valence-electron chi connectivity index (χ3n) is 4.11. The van der Waals surface area contributed by atoms with Crippen LogP contribution in [-0.4, -0.2) is 25.5 Å². The van der Waals surface area contributed by atoms with Crippen molar-refractivity contribution in [3.8, 4) is 11.5 Å². The lowest BCUT2D eigenvalue weighted by molar-refractivity contribution is 0.102. The van der Waals surface area contributed by atoms with Crippen molar-refractivity contribution in [2.75, 3.05) is 5.32 Å². The molecule has 0 saturated heterocycles. The molecule has 8 nitrogen and oxygen atoms in total. The summed E-state index contributed by atoms with van der Waals surface area (Å²) < 4.78 is 14.3. The van der Waals surface area contributed by atoms with Crippen molar-refractivity contribution < 1.29 is 14.3 Å². The summed E-state index contributed by atoms with van der Waals surface area (Å²) in [7, 11) is 0. The number of carbonyl (C=O) groups is 1. The molecule has 2 heterocycles. The van der Waals surface area contributed by atoms with Gasteiger partial charge in [-0.3, -0.25) is 4.79 Å². The molecule has 1 N–H and O–H groups in total. The van der Waals surface area contributed by atoms with Gasteiger partial charge in [0.05, 0.1) is 23.1 Å². The predicted octanol–water partition coefficient (Wildman–Crippen LogP) is 4.71. The summed E-state index contributed by atoms with van der Waals surface area (Å²) in [5.74, 6) is 0.794. The van der Waals surface area contributed by atoms with Gasteiger partial charge in [-0.05, 0) is 36.4 Å². The van der Waals surface area contributed by atoms with Crippen molar-refractivity contribution >= 4 is 34.8 Å². The van der Waals surface area contributed by atoms with Gasteiger partial charge in [0.2, 0.25) is 0 Å². The van der Waals surface area contributed by atoms with E-state index >= 15 is 0 Å². The molecule has 0 saturated carbocycles. The zero-order valence-corrected chi connectivity index (χ0v) is 17.6. The third-order valence-corrected chi connectivity index (χ3v) is 4.66. The van der Waals surface area contributed by atoms with E-state index in [0.29, 0.717) is 27.2 Å². The van der Waals surface area contributed by atoms with Gasteiger partial charge in [-0.25, -0.2) is 9.36 Å². The number of ether oxygens (including phenoxy) is 2. The van der Waals surface area contributed by atoms with Gasteiger partial charge < -0.3 is 14.8 Å². The molecule has 0 radical (unpaired) electrons. The van der Waals surface area contributed by atoms with Crippen LogP contribution < -0.4 is 14.8 Å². The summed E-state index contributed by atoms with van der Waals surface area (Å²) in [6.45, 7) is 0.292. The van der Waals surface area contributed by atoms with Gasteiger partial charge in [0.25, 0.3) is 5.91 Å². The van der Waals surface area contributed by atoms with Crippen LogP contribution in [0.4, 0.5) is 5.69 Å². The first kappa shape index (κ1) is 20.8. The summed E-state index contributed by atoms with van der Waals surface area (Å²) in [6, 6.07) is 15.8. The predicted molar refractivity (Wildman–Crippen MR) is 117 cm³/mol. The second-order valence-corrected chi connectivity index (χ2v) is 7.24. The molecule has 0 bridgehead atoms. The van der Waals surface area contributed by atoms with Crippen LogP contribution in [0.5, 0.6) is 11.5 Å². The summed E-state index contributed by atoms with van der Waals surface area (Å²) >= 11 is 12.0. The zero-order valence-electron chi connectivity index (χ0n) is 16.1. The Kier molecular flexibility index (Phi) is 6.40. The normalized spacial score (nSPS) is 10.6. The first-order valence-electron chi connectivity index (χ1n) is 9.20. The van der Waals surface area contributed by atoms with Gasteiger partial charge in [-0.15, -0.1) is 0 Å². The van der Waals surface area contributed by atoms with Crippen molar-refractivity contribution in [2.45, 2.75) is 13.5 Å². The fraction of sp³-hybridized carbons (Fsp3) is 0.0952. The summed E-state index contributed by atoms with van der Waals surface area (Å²) in [5, 5.41) is 12.2. The molecule has 2 aromatic heterocycles. The monoisotopic (exact) mass is 457 g/mol. The summed E-state index contributed by atoms with van der Waals surface area (Å²) in [5.41, 5.74) is 0.757. The number of benzene rings is 2. The molecule has 4 aromatic rings. The van der Waals surface area contributed by atoms with E-state index < -0.39 is 0 Å². The number of nitrogens with one attached hydrogen (secondary N) is 1. The highest BCUT2D eigenvalue weighted by molar-refractivity contribution is 6.32. The average Bonchev–Trinajstić information content (AvgIpc) is 3.41. The lowest BCUT2D eigenvalue weighted by Gasteiger charge is -2.07. The number of aromatic nitrogens is 4. The lowest BCUT2D eigenvalue weighted by atomic mass is 10.3. The van der Waals surface area contributed by atoms with Crippen LogP contribution in [0.25, 0.3) is 0 Å². The van der Waals surface area contributed by atoms with Crippen molar-refractivity contribution in [2.24, 2.45) is 0 Å². The number of nitrogens with zero attached hydrogens (tertiary/aromatic N) is 4. The van der Waals surface area contributed by atoms with Gasteiger partial charge in [0.1, 0.15) is 11.5 Å².